The van der Waals surface area contributed by atoms with Crippen molar-refractivity contribution in [1.29, 1.82) is 0 Å². The van der Waals surface area contributed by atoms with Crippen LogP contribution in [0.15, 0.2) is 35.2 Å². The van der Waals surface area contributed by atoms with Crippen LogP contribution in [0.4, 0.5) is 11.6 Å². The zero-order valence-corrected chi connectivity index (χ0v) is 16.2. The van der Waals surface area contributed by atoms with Gasteiger partial charge in [0.1, 0.15) is 17.7 Å². The second kappa shape index (κ2) is 7.37. The van der Waals surface area contributed by atoms with Crippen LogP contribution in [0.5, 0.6) is 0 Å². The maximum Gasteiger partial charge on any atom is 0.152 e. The summed E-state index contributed by atoms with van der Waals surface area (Å²) in [7, 11) is 4.15. The molecule has 3 aromatic heterocycles. The van der Waals surface area contributed by atoms with E-state index < -0.39 is 0 Å². The van der Waals surface area contributed by atoms with Crippen molar-refractivity contribution in [1.82, 2.24) is 24.5 Å². The topological polar surface area (TPSA) is 75.6 Å². The normalized spacial score (nSPS) is 11.4. The van der Waals surface area contributed by atoms with E-state index in [0.29, 0.717) is 5.82 Å². The zero-order chi connectivity index (χ0) is 18.0. The van der Waals surface area contributed by atoms with Crippen molar-refractivity contribution >= 4 is 33.1 Å². The smallest absolute Gasteiger partial charge is 0.152 e. The summed E-state index contributed by atoms with van der Waals surface area (Å²) in [4.78, 5) is 13.0. The van der Waals surface area contributed by atoms with Crippen molar-refractivity contribution in [2.75, 3.05) is 44.4 Å². The summed E-state index contributed by atoms with van der Waals surface area (Å²) >= 11 is 3.56. The molecule has 0 unspecified atom stereocenters. The molecule has 25 heavy (non-hydrogen) atoms. The number of rotatable bonds is 6. The van der Waals surface area contributed by atoms with Crippen LogP contribution in [0.1, 0.15) is 6.92 Å². The number of hydrogen-bond donors (Lipinski definition) is 1. The molecule has 0 amide bonds. The Labute approximate surface area is 155 Å². The molecule has 0 aliphatic carbocycles. The van der Waals surface area contributed by atoms with Gasteiger partial charge in [-0.05, 0) is 55.1 Å². The van der Waals surface area contributed by atoms with Crippen LogP contribution in [0.3, 0.4) is 0 Å². The first kappa shape index (κ1) is 17.6. The molecular formula is C17H22BrN7. The minimum absolute atomic E-state index is 0.448. The summed E-state index contributed by atoms with van der Waals surface area (Å²) < 4.78 is 2.68. The van der Waals surface area contributed by atoms with Crippen LogP contribution in [0.25, 0.3) is 16.8 Å². The first-order chi connectivity index (χ1) is 12.0. The number of halogens is 1. The fourth-order valence-electron chi connectivity index (χ4n) is 2.73. The molecule has 0 aliphatic rings. The summed E-state index contributed by atoms with van der Waals surface area (Å²) in [6, 6.07) is 6.08. The van der Waals surface area contributed by atoms with Crippen LogP contribution in [0, 0.1) is 0 Å². The molecule has 0 fully saturated rings. The predicted molar refractivity (Wildman–Crippen MR) is 105 cm³/mol. The van der Waals surface area contributed by atoms with E-state index in [0.717, 1.165) is 46.7 Å². The second-order valence-corrected chi connectivity index (χ2v) is 6.92. The number of pyridine rings is 1. The summed E-state index contributed by atoms with van der Waals surface area (Å²) in [6.07, 6.45) is 3.30. The van der Waals surface area contributed by atoms with Gasteiger partial charge >= 0.3 is 0 Å². The van der Waals surface area contributed by atoms with Gasteiger partial charge in [0.25, 0.3) is 0 Å². The van der Waals surface area contributed by atoms with E-state index in [1.165, 1.54) is 6.33 Å². The third kappa shape index (κ3) is 3.59. The average Bonchev–Trinajstić information content (AvgIpc) is 2.94. The molecule has 0 aliphatic heterocycles. The van der Waals surface area contributed by atoms with Crippen molar-refractivity contribution in [2.45, 2.75) is 6.92 Å². The molecule has 132 valence electrons. The molecule has 0 saturated carbocycles. The lowest BCUT2D eigenvalue weighted by atomic mass is 10.2. The van der Waals surface area contributed by atoms with Gasteiger partial charge in [-0.3, -0.25) is 0 Å². The molecule has 0 saturated heterocycles. The summed E-state index contributed by atoms with van der Waals surface area (Å²) in [5.41, 5.74) is 8.74. The maximum absolute atomic E-state index is 5.99. The number of fused-ring (bicyclic) bond motifs is 1. The number of nitrogens with zero attached hydrogens (tertiary/aromatic N) is 6. The average molecular weight is 404 g/mol. The van der Waals surface area contributed by atoms with E-state index in [2.05, 4.69) is 67.9 Å². The molecule has 0 aromatic carbocycles. The van der Waals surface area contributed by atoms with E-state index in [4.69, 9.17) is 5.73 Å². The Bertz CT molecular complexity index is 875. The number of nitrogens with two attached hydrogens (primary N) is 1. The summed E-state index contributed by atoms with van der Waals surface area (Å²) in [5, 5.41) is 4.35. The highest BCUT2D eigenvalue weighted by molar-refractivity contribution is 9.10. The Morgan fingerprint density at radius 2 is 2.00 bits per heavy atom. The first-order valence-electron chi connectivity index (χ1n) is 8.15. The highest BCUT2D eigenvalue weighted by atomic mass is 79.9. The lowest BCUT2D eigenvalue weighted by molar-refractivity contribution is 0.413. The predicted octanol–water partition coefficient (Wildman–Crippen LogP) is 2.52. The Balaban J connectivity index is 2.01. The van der Waals surface area contributed by atoms with Gasteiger partial charge in [-0.1, -0.05) is 0 Å². The molecular weight excluding hydrogens is 382 g/mol. The van der Waals surface area contributed by atoms with Crippen molar-refractivity contribution in [3.05, 3.63) is 35.2 Å². The maximum atomic E-state index is 5.99. The molecule has 2 N–H and O–H groups in total. The third-order valence-corrected chi connectivity index (χ3v) is 4.70. The molecule has 0 bridgehead atoms. The van der Waals surface area contributed by atoms with Gasteiger partial charge < -0.3 is 15.5 Å². The number of likely N-dealkylation sites (N-methyl/N-ethyl adjacent to an activating group) is 2. The number of anilines is 2. The minimum Gasteiger partial charge on any atom is -0.382 e. The van der Waals surface area contributed by atoms with E-state index in [9.17, 15) is 0 Å². The molecule has 3 heterocycles. The molecule has 3 aromatic rings. The number of aromatic nitrogens is 4. The van der Waals surface area contributed by atoms with Crippen molar-refractivity contribution in [3.8, 4) is 11.3 Å². The fourth-order valence-corrected chi connectivity index (χ4v) is 3.32. The van der Waals surface area contributed by atoms with Crippen LogP contribution in [-0.2, 0) is 0 Å². The van der Waals surface area contributed by atoms with Crippen LogP contribution in [0.2, 0.25) is 0 Å². The monoisotopic (exact) mass is 403 g/mol. The van der Waals surface area contributed by atoms with Gasteiger partial charge in [0.05, 0.1) is 5.69 Å². The van der Waals surface area contributed by atoms with E-state index in [1.807, 2.05) is 22.8 Å². The Morgan fingerprint density at radius 3 is 2.72 bits per heavy atom. The largest absolute Gasteiger partial charge is 0.382 e. The molecule has 0 atom stereocenters. The van der Waals surface area contributed by atoms with Gasteiger partial charge in [-0.15, -0.1) is 0 Å². The molecule has 8 heteroatoms. The van der Waals surface area contributed by atoms with Gasteiger partial charge in [0.15, 0.2) is 5.82 Å². The van der Waals surface area contributed by atoms with E-state index in [1.54, 1.807) is 0 Å². The molecule has 3 rings (SSSR count). The van der Waals surface area contributed by atoms with Crippen molar-refractivity contribution in [2.24, 2.45) is 0 Å². The highest BCUT2D eigenvalue weighted by Crippen LogP contribution is 2.32. The summed E-state index contributed by atoms with van der Waals surface area (Å²) in [5.74, 6) is 1.40. The number of nitrogen functional groups attached to an aromatic ring is 1. The van der Waals surface area contributed by atoms with E-state index in [-0.39, 0.29) is 0 Å². The first-order valence-corrected chi connectivity index (χ1v) is 8.94. The standard InChI is InChI=1S/C17H22BrN7/c1-4-24(8-7-23(2)3)15-9-12(5-6-20-15)14-10-13(18)16-17(19)21-11-22-25(14)16/h5-6,9-11H,4,7-8H2,1-3H3,(H2,19,21,22). The molecule has 7 nitrogen and oxygen atoms in total. The Kier molecular flexibility index (Phi) is 5.19. The van der Waals surface area contributed by atoms with Gasteiger partial charge in [-0.2, -0.15) is 5.10 Å². The zero-order valence-electron chi connectivity index (χ0n) is 14.6. The van der Waals surface area contributed by atoms with Crippen molar-refractivity contribution < 1.29 is 0 Å². The SMILES string of the molecule is CCN(CCN(C)C)c1cc(-c2cc(Br)c3c(N)ncnn23)ccn1. The Hall–Kier alpha value is -2.19. The van der Waals surface area contributed by atoms with Gasteiger partial charge in [0, 0.05) is 35.9 Å². The lowest BCUT2D eigenvalue weighted by Gasteiger charge is -2.24. The molecule has 0 spiro atoms. The minimum atomic E-state index is 0.448. The quantitative estimate of drug-likeness (QED) is 0.681. The summed E-state index contributed by atoms with van der Waals surface area (Å²) in [6.45, 7) is 4.94. The van der Waals surface area contributed by atoms with Crippen LogP contribution in [-0.4, -0.2) is 58.2 Å². The van der Waals surface area contributed by atoms with E-state index >= 15 is 0 Å². The van der Waals surface area contributed by atoms with Crippen LogP contribution < -0.4 is 10.6 Å². The fraction of sp³-hybridized carbons (Fsp3) is 0.353. The second-order valence-electron chi connectivity index (χ2n) is 6.07. The van der Waals surface area contributed by atoms with Gasteiger partial charge in [0.2, 0.25) is 0 Å². The number of hydrogen-bond acceptors (Lipinski definition) is 6. The highest BCUT2D eigenvalue weighted by Gasteiger charge is 2.15. The molecule has 0 radical (unpaired) electrons. The van der Waals surface area contributed by atoms with Crippen molar-refractivity contribution in [3.63, 3.8) is 0 Å². The Morgan fingerprint density at radius 1 is 1.20 bits per heavy atom. The van der Waals surface area contributed by atoms with Gasteiger partial charge in [-0.25, -0.2) is 14.5 Å². The van der Waals surface area contributed by atoms with Crippen LogP contribution >= 0.6 is 15.9 Å². The lowest BCUT2D eigenvalue weighted by Crippen LogP contribution is -2.32. The third-order valence-electron chi connectivity index (χ3n) is 4.10.